The van der Waals surface area contributed by atoms with Crippen molar-refractivity contribution in [3.05, 3.63) is 182 Å². The predicted molar refractivity (Wildman–Crippen MR) is 257 cm³/mol. The molecule has 0 aliphatic carbocycles. The van der Waals surface area contributed by atoms with Crippen LogP contribution in [-0.4, -0.2) is 19.1 Å². The zero-order valence-electron chi connectivity index (χ0n) is 32.7. The molecule has 0 N–H and O–H groups in total. The van der Waals surface area contributed by atoms with E-state index >= 15 is 0 Å². The normalized spacial score (nSPS) is 11.8. The van der Waals surface area contributed by atoms with Gasteiger partial charge in [-0.1, -0.05) is 109 Å². The highest BCUT2D eigenvalue weighted by Crippen LogP contribution is 2.51. The van der Waals surface area contributed by atoms with Gasteiger partial charge in [-0.2, -0.15) is 10.5 Å². The van der Waals surface area contributed by atoms with E-state index in [2.05, 4.69) is 153 Å². The number of benzene rings is 7. The van der Waals surface area contributed by atoms with Gasteiger partial charge in [-0.15, -0.1) is 22.7 Å². The zero-order valence-corrected chi connectivity index (χ0v) is 34.3. The first-order valence-electron chi connectivity index (χ1n) is 20.3. The predicted octanol–water partition coefficient (Wildman–Crippen LogP) is 14.5. The molecular weight excluding hydrogens is 797 g/mol. The summed E-state index contributed by atoms with van der Waals surface area (Å²) in [5, 5.41) is 32.9. The van der Waals surface area contributed by atoms with Crippen LogP contribution < -0.4 is 0 Å². The van der Waals surface area contributed by atoms with E-state index < -0.39 is 0 Å². The summed E-state index contributed by atoms with van der Waals surface area (Å²) >= 11 is 3.51. The Balaban J connectivity index is 1.33. The van der Waals surface area contributed by atoms with Gasteiger partial charge in [0.05, 0.1) is 48.4 Å². The molecule has 286 valence electrons. The number of aromatic nitrogens is 4. The molecule has 62 heavy (non-hydrogen) atoms. The Morgan fingerprint density at radius 3 is 1.26 bits per heavy atom. The molecule has 0 bridgehead atoms. The molecule has 6 heterocycles. The number of hydrogen-bond donors (Lipinski definition) is 0. The molecule has 0 aliphatic heterocycles. The molecule has 6 aromatic heterocycles. The summed E-state index contributed by atoms with van der Waals surface area (Å²) in [6.07, 6.45) is 7.09. The Morgan fingerprint density at radius 1 is 0.403 bits per heavy atom. The highest BCUT2D eigenvalue weighted by Gasteiger charge is 2.33. The average molecular weight is 825 g/mol. The molecule has 0 saturated heterocycles. The van der Waals surface area contributed by atoms with Crippen LogP contribution in [0.5, 0.6) is 0 Å². The molecule has 0 amide bonds. The van der Waals surface area contributed by atoms with Gasteiger partial charge in [-0.25, -0.2) is 0 Å². The van der Waals surface area contributed by atoms with Crippen molar-refractivity contribution in [1.82, 2.24) is 19.1 Å². The summed E-state index contributed by atoms with van der Waals surface area (Å²) in [5.74, 6) is 0. The number of thiophene rings is 2. The molecule has 0 unspecified atom stereocenters. The van der Waals surface area contributed by atoms with Crippen molar-refractivity contribution in [2.45, 2.75) is 0 Å². The standard InChI is InChI=1S/C54H28N6S2/c55-27-41-47(31-11-9-25-57-29-31)49(59-43-17-5-1-13-33(43)37-21-23-39-35-15-3-7-19-45(35)61-53(39)51(37)59)42(28-56)50(48(41)32-12-10-26-58-30-32)60-44-18-6-2-14-34(44)38-22-24-40-36-16-4-8-20-46(36)62-54(40)52(38)60/h1-26,29-30H. The average Bonchev–Trinajstić information content (AvgIpc) is 4.09. The van der Waals surface area contributed by atoms with Crippen LogP contribution in [-0.2, 0) is 0 Å². The van der Waals surface area contributed by atoms with E-state index in [0.717, 1.165) is 74.9 Å². The second-order valence-corrected chi connectivity index (χ2v) is 17.6. The maximum absolute atomic E-state index is 12.2. The number of nitriles is 2. The number of pyridine rings is 2. The first kappa shape index (κ1) is 34.7. The minimum atomic E-state index is 0.430. The van der Waals surface area contributed by atoms with E-state index in [1.807, 2.05) is 24.3 Å². The van der Waals surface area contributed by atoms with Gasteiger partial charge in [0.1, 0.15) is 17.7 Å². The summed E-state index contributed by atoms with van der Waals surface area (Å²) in [4.78, 5) is 9.23. The number of nitrogens with zero attached hydrogens (tertiary/aromatic N) is 6. The Hall–Kier alpha value is -8.14. The van der Waals surface area contributed by atoms with E-state index in [-0.39, 0.29) is 0 Å². The van der Waals surface area contributed by atoms with Crippen LogP contribution >= 0.6 is 22.7 Å². The lowest BCUT2D eigenvalue weighted by molar-refractivity contribution is 1.12. The number of para-hydroxylation sites is 2. The lowest BCUT2D eigenvalue weighted by Crippen LogP contribution is -2.11. The van der Waals surface area contributed by atoms with Gasteiger partial charge in [-0.3, -0.25) is 9.97 Å². The van der Waals surface area contributed by atoms with E-state index in [0.29, 0.717) is 33.6 Å². The van der Waals surface area contributed by atoms with Crippen LogP contribution in [0.2, 0.25) is 0 Å². The third-order valence-corrected chi connectivity index (χ3v) is 14.8. The van der Waals surface area contributed by atoms with Gasteiger partial charge in [0.15, 0.2) is 0 Å². The van der Waals surface area contributed by atoms with Crippen LogP contribution in [0.4, 0.5) is 0 Å². The quantitative estimate of drug-likeness (QED) is 0.177. The van der Waals surface area contributed by atoms with Crippen molar-refractivity contribution in [1.29, 1.82) is 10.5 Å². The second-order valence-electron chi connectivity index (χ2n) is 15.5. The third kappa shape index (κ3) is 4.65. The molecule has 13 aromatic rings. The molecule has 7 aromatic carbocycles. The van der Waals surface area contributed by atoms with Gasteiger partial charge in [0.25, 0.3) is 0 Å². The van der Waals surface area contributed by atoms with Crippen molar-refractivity contribution in [2.75, 3.05) is 0 Å². The monoisotopic (exact) mass is 824 g/mol. The molecule has 0 spiro atoms. The van der Waals surface area contributed by atoms with Crippen molar-refractivity contribution >= 4 is 107 Å². The van der Waals surface area contributed by atoms with Crippen molar-refractivity contribution < 1.29 is 0 Å². The van der Waals surface area contributed by atoms with Gasteiger partial charge >= 0.3 is 0 Å². The molecule has 0 saturated carbocycles. The van der Waals surface area contributed by atoms with Crippen molar-refractivity contribution in [2.24, 2.45) is 0 Å². The van der Waals surface area contributed by atoms with Gasteiger partial charge < -0.3 is 9.13 Å². The van der Waals surface area contributed by atoms with E-state index in [1.54, 1.807) is 47.5 Å². The SMILES string of the molecule is N#Cc1c(-c2cccnc2)c(-n2c3ccccc3c3ccc4c5ccccc5sc4c32)c(C#N)c(-n2c3ccccc3c3ccc4c5ccccc5sc4c32)c1-c1cccnc1. The van der Waals surface area contributed by atoms with E-state index in [9.17, 15) is 10.5 Å². The van der Waals surface area contributed by atoms with E-state index in [4.69, 9.17) is 0 Å². The van der Waals surface area contributed by atoms with Crippen LogP contribution in [0, 0.1) is 22.7 Å². The molecular formula is C54H28N6S2. The molecule has 0 radical (unpaired) electrons. The Morgan fingerprint density at radius 2 is 0.823 bits per heavy atom. The van der Waals surface area contributed by atoms with Crippen LogP contribution in [0.3, 0.4) is 0 Å². The summed E-state index contributed by atoms with van der Waals surface area (Å²) < 4.78 is 9.13. The second kappa shape index (κ2) is 13.2. The smallest absolute Gasteiger partial charge is 0.104 e. The lowest BCUT2D eigenvalue weighted by Gasteiger charge is -2.25. The highest BCUT2D eigenvalue weighted by atomic mass is 32.1. The van der Waals surface area contributed by atoms with Gasteiger partial charge in [0.2, 0.25) is 0 Å². The molecule has 8 heteroatoms. The fourth-order valence-corrected chi connectivity index (χ4v) is 12.4. The van der Waals surface area contributed by atoms with Crippen LogP contribution in [0.15, 0.2) is 170 Å². The summed E-state index contributed by atoms with van der Waals surface area (Å²) in [5.41, 5.74) is 8.71. The Kier molecular flexibility index (Phi) is 7.38. The van der Waals surface area contributed by atoms with Gasteiger partial charge in [0, 0.05) is 99.5 Å². The maximum atomic E-state index is 12.2. The summed E-state index contributed by atoms with van der Waals surface area (Å²) in [6, 6.07) is 56.1. The molecule has 0 aliphatic rings. The van der Waals surface area contributed by atoms with Crippen LogP contribution in [0.1, 0.15) is 11.1 Å². The number of rotatable bonds is 4. The maximum Gasteiger partial charge on any atom is 0.104 e. The fourth-order valence-electron chi connectivity index (χ4n) is 9.90. The molecule has 0 fully saturated rings. The Bertz CT molecular complexity index is 3870. The summed E-state index contributed by atoms with van der Waals surface area (Å²) in [7, 11) is 0. The highest BCUT2D eigenvalue weighted by molar-refractivity contribution is 7.27. The molecule has 0 atom stereocenters. The van der Waals surface area contributed by atoms with Crippen molar-refractivity contribution in [3.8, 4) is 45.8 Å². The third-order valence-electron chi connectivity index (χ3n) is 12.4. The van der Waals surface area contributed by atoms with Crippen molar-refractivity contribution in [3.63, 3.8) is 0 Å². The van der Waals surface area contributed by atoms with Gasteiger partial charge in [-0.05, 0) is 36.4 Å². The number of hydrogen-bond acceptors (Lipinski definition) is 6. The lowest BCUT2D eigenvalue weighted by atomic mass is 9.87. The zero-order chi connectivity index (χ0) is 41.1. The first-order valence-corrected chi connectivity index (χ1v) is 21.9. The van der Waals surface area contributed by atoms with E-state index in [1.165, 1.54) is 20.2 Å². The fraction of sp³-hybridized carbons (Fsp3) is 0. The largest absolute Gasteiger partial charge is 0.306 e. The van der Waals surface area contributed by atoms with Crippen LogP contribution in [0.25, 0.3) is 118 Å². The molecule has 6 nitrogen and oxygen atoms in total. The summed E-state index contributed by atoms with van der Waals surface area (Å²) in [6.45, 7) is 0. The topological polar surface area (TPSA) is 83.2 Å². The Labute approximate surface area is 361 Å². The minimum absolute atomic E-state index is 0.430. The first-order chi connectivity index (χ1) is 30.7. The molecule has 13 rings (SSSR count). The number of fused-ring (bicyclic) bond motifs is 14. The minimum Gasteiger partial charge on any atom is -0.306 e.